The summed E-state index contributed by atoms with van der Waals surface area (Å²) in [5.41, 5.74) is 0. The predicted octanol–water partition coefficient (Wildman–Crippen LogP) is 2.92. The molecule has 1 aliphatic heterocycles. The third-order valence-corrected chi connectivity index (χ3v) is 5.41. The molecule has 1 saturated carbocycles. The Morgan fingerprint density at radius 3 is 2.90 bits per heavy atom. The number of hydrogen-bond acceptors (Lipinski definition) is 3. The van der Waals surface area contributed by atoms with Gasteiger partial charge in [0.1, 0.15) is 0 Å². The van der Waals surface area contributed by atoms with Crippen molar-refractivity contribution in [1.82, 2.24) is 10.6 Å². The molecule has 1 aliphatic carbocycles. The minimum Gasteiger partial charge on any atom is -0.378 e. The average molecular weight is 300 g/mol. The Bertz CT molecular complexity index is 296. The van der Waals surface area contributed by atoms with Crippen LogP contribution in [-0.4, -0.2) is 42.8 Å². The van der Waals surface area contributed by atoms with E-state index >= 15 is 0 Å². The van der Waals surface area contributed by atoms with E-state index in [1.807, 2.05) is 11.8 Å². The molecular formula is C15H28N2O2S. The van der Waals surface area contributed by atoms with Crippen LogP contribution in [0, 0.1) is 0 Å². The second-order valence-corrected chi connectivity index (χ2v) is 7.04. The van der Waals surface area contributed by atoms with Crippen LogP contribution < -0.4 is 10.6 Å². The van der Waals surface area contributed by atoms with Crippen LogP contribution in [0.3, 0.4) is 0 Å². The van der Waals surface area contributed by atoms with Crippen LogP contribution in [0.4, 0.5) is 4.79 Å². The van der Waals surface area contributed by atoms with Gasteiger partial charge in [-0.25, -0.2) is 4.79 Å². The molecule has 0 spiro atoms. The molecule has 1 saturated heterocycles. The third kappa shape index (κ3) is 5.52. The smallest absolute Gasteiger partial charge is 0.315 e. The summed E-state index contributed by atoms with van der Waals surface area (Å²) in [6.45, 7) is 1.67. The molecular weight excluding hydrogens is 272 g/mol. The van der Waals surface area contributed by atoms with Gasteiger partial charge in [-0.2, -0.15) is 11.8 Å². The number of ether oxygens (including phenoxy) is 1. The summed E-state index contributed by atoms with van der Waals surface area (Å²) in [7, 11) is 0. The number of urea groups is 1. The fraction of sp³-hybridized carbons (Fsp3) is 0.933. The number of nitrogens with one attached hydrogen (secondary N) is 2. The lowest BCUT2D eigenvalue weighted by Crippen LogP contribution is -2.41. The van der Waals surface area contributed by atoms with E-state index < -0.39 is 0 Å². The first-order chi connectivity index (χ1) is 9.78. The quantitative estimate of drug-likeness (QED) is 0.742. The number of hydrogen-bond donors (Lipinski definition) is 2. The monoisotopic (exact) mass is 300 g/mol. The zero-order chi connectivity index (χ0) is 14.2. The maximum atomic E-state index is 11.8. The number of amides is 2. The van der Waals surface area contributed by atoms with Crippen LogP contribution in [0.2, 0.25) is 0 Å². The topological polar surface area (TPSA) is 50.4 Å². The molecule has 0 aromatic carbocycles. The molecule has 2 N–H and O–H groups in total. The van der Waals surface area contributed by atoms with Gasteiger partial charge in [0.15, 0.2) is 0 Å². The Kier molecular flexibility index (Phi) is 7.00. The molecule has 2 amide bonds. The van der Waals surface area contributed by atoms with Gasteiger partial charge in [-0.3, -0.25) is 0 Å². The van der Waals surface area contributed by atoms with Crippen molar-refractivity contribution in [3.8, 4) is 0 Å². The molecule has 0 unspecified atom stereocenters. The number of thioether (sulfide) groups is 1. The summed E-state index contributed by atoms with van der Waals surface area (Å²) < 4.78 is 5.69. The van der Waals surface area contributed by atoms with E-state index in [-0.39, 0.29) is 6.03 Å². The Morgan fingerprint density at radius 2 is 2.20 bits per heavy atom. The van der Waals surface area contributed by atoms with Gasteiger partial charge in [0.2, 0.25) is 0 Å². The van der Waals surface area contributed by atoms with Crippen molar-refractivity contribution in [3.05, 3.63) is 0 Å². The fourth-order valence-electron chi connectivity index (χ4n) is 3.09. The molecule has 0 radical (unpaired) electrons. The first-order valence-corrected chi connectivity index (χ1v) is 9.25. The van der Waals surface area contributed by atoms with E-state index in [1.165, 1.54) is 25.7 Å². The van der Waals surface area contributed by atoms with E-state index in [4.69, 9.17) is 4.74 Å². The molecule has 2 aliphatic rings. The molecule has 0 aromatic heterocycles. The largest absolute Gasteiger partial charge is 0.378 e. The van der Waals surface area contributed by atoms with Crippen LogP contribution >= 0.6 is 11.8 Å². The van der Waals surface area contributed by atoms with Crippen molar-refractivity contribution in [2.45, 2.75) is 68.8 Å². The average Bonchev–Trinajstić information content (AvgIpc) is 2.92. The van der Waals surface area contributed by atoms with Crippen LogP contribution in [0.1, 0.15) is 51.4 Å². The summed E-state index contributed by atoms with van der Waals surface area (Å²) in [4.78, 5) is 11.8. The third-order valence-electron chi connectivity index (χ3n) is 4.32. The van der Waals surface area contributed by atoms with Crippen molar-refractivity contribution in [3.63, 3.8) is 0 Å². The minimum atomic E-state index is 0.00122. The van der Waals surface area contributed by atoms with Crippen LogP contribution in [0.25, 0.3) is 0 Å². The molecule has 1 heterocycles. The SMILES string of the molecule is CS[C@@H]1CC[C@@H](NC(=O)NCCC[C@H]2CCCCO2)C1. The zero-order valence-corrected chi connectivity index (χ0v) is 13.3. The van der Waals surface area contributed by atoms with Gasteiger partial charge in [0.25, 0.3) is 0 Å². The highest BCUT2D eigenvalue weighted by Gasteiger charge is 2.24. The van der Waals surface area contributed by atoms with Crippen LogP contribution in [0.15, 0.2) is 0 Å². The summed E-state index contributed by atoms with van der Waals surface area (Å²) >= 11 is 1.91. The molecule has 2 fully saturated rings. The Balaban J connectivity index is 1.50. The lowest BCUT2D eigenvalue weighted by molar-refractivity contribution is 0.0103. The number of carbonyl (C=O) groups excluding carboxylic acids is 1. The fourth-order valence-corrected chi connectivity index (χ4v) is 3.88. The van der Waals surface area contributed by atoms with Crippen LogP contribution in [-0.2, 0) is 4.74 Å². The van der Waals surface area contributed by atoms with Gasteiger partial charge in [-0.1, -0.05) is 0 Å². The molecule has 20 heavy (non-hydrogen) atoms. The maximum absolute atomic E-state index is 11.8. The first kappa shape index (κ1) is 16.0. The number of rotatable bonds is 6. The van der Waals surface area contributed by atoms with Gasteiger partial charge in [0, 0.05) is 24.4 Å². The maximum Gasteiger partial charge on any atom is 0.315 e. The molecule has 2 rings (SSSR count). The van der Waals surface area contributed by atoms with Crippen LogP contribution in [0.5, 0.6) is 0 Å². The lowest BCUT2D eigenvalue weighted by Gasteiger charge is -2.22. The van der Waals surface area contributed by atoms with E-state index in [1.54, 1.807) is 0 Å². The molecule has 5 heteroatoms. The minimum absolute atomic E-state index is 0.00122. The van der Waals surface area contributed by atoms with Crippen molar-refractivity contribution in [2.24, 2.45) is 0 Å². The predicted molar refractivity (Wildman–Crippen MR) is 84.3 cm³/mol. The van der Waals surface area contributed by atoms with E-state index in [9.17, 15) is 4.79 Å². The molecule has 4 nitrogen and oxygen atoms in total. The van der Waals surface area contributed by atoms with E-state index in [2.05, 4.69) is 16.9 Å². The first-order valence-electron chi connectivity index (χ1n) is 7.96. The zero-order valence-electron chi connectivity index (χ0n) is 12.5. The van der Waals surface area contributed by atoms with Gasteiger partial charge >= 0.3 is 6.03 Å². The van der Waals surface area contributed by atoms with Gasteiger partial charge in [0.05, 0.1) is 6.10 Å². The van der Waals surface area contributed by atoms with Crippen molar-refractivity contribution in [2.75, 3.05) is 19.4 Å². The summed E-state index contributed by atoms with van der Waals surface area (Å²) in [5, 5.41) is 6.78. The normalized spacial score (nSPS) is 30.1. The van der Waals surface area contributed by atoms with Crippen molar-refractivity contribution in [1.29, 1.82) is 0 Å². The van der Waals surface area contributed by atoms with E-state index in [0.29, 0.717) is 12.1 Å². The molecule has 0 aromatic rings. The van der Waals surface area contributed by atoms with Crippen molar-refractivity contribution < 1.29 is 9.53 Å². The van der Waals surface area contributed by atoms with Gasteiger partial charge in [-0.15, -0.1) is 0 Å². The molecule has 0 bridgehead atoms. The Labute approximate surface area is 126 Å². The van der Waals surface area contributed by atoms with E-state index in [0.717, 1.165) is 44.1 Å². The summed E-state index contributed by atoms with van der Waals surface area (Å²) in [5.74, 6) is 0. The number of carbonyl (C=O) groups is 1. The second kappa shape index (κ2) is 8.78. The van der Waals surface area contributed by atoms with Crippen molar-refractivity contribution >= 4 is 17.8 Å². The summed E-state index contributed by atoms with van der Waals surface area (Å²) in [6, 6.07) is 0.371. The Morgan fingerprint density at radius 1 is 1.30 bits per heavy atom. The van der Waals surface area contributed by atoms with Gasteiger partial charge < -0.3 is 15.4 Å². The summed E-state index contributed by atoms with van der Waals surface area (Å²) in [6.07, 6.45) is 11.8. The highest BCUT2D eigenvalue weighted by molar-refractivity contribution is 7.99. The van der Waals surface area contributed by atoms with Gasteiger partial charge in [-0.05, 0) is 57.6 Å². The highest BCUT2D eigenvalue weighted by atomic mass is 32.2. The molecule has 116 valence electrons. The second-order valence-electron chi connectivity index (χ2n) is 5.90. The highest BCUT2D eigenvalue weighted by Crippen LogP contribution is 2.27. The molecule has 3 atom stereocenters. The lowest BCUT2D eigenvalue weighted by atomic mass is 10.0. The Hall–Kier alpha value is -0.420. The standard InChI is InChI=1S/C15H28N2O2S/c1-20-14-8-7-12(11-14)17-15(18)16-9-4-6-13-5-2-3-10-19-13/h12-14H,2-11H2,1H3,(H2,16,17,18)/t12-,13-,14-/m1/s1.